The number of carbonyl (C=O) groups excluding carboxylic acids is 1. The summed E-state index contributed by atoms with van der Waals surface area (Å²) in [6.07, 6.45) is 9.07. The highest BCUT2D eigenvalue weighted by Gasteiger charge is 2.21. The molecule has 3 rings (SSSR count). The maximum atomic E-state index is 12.5. The van der Waals surface area contributed by atoms with Crippen molar-refractivity contribution in [2.75, 3.05) is 26.7 Å². The summed E-state index contributed by atoms with van der Waals surface area (Å²) in [5.74, 6) is 0.552. The molecule has 6 nitrogen and oxygen atoms in total. The summed E-state index contributed by atoms with van der Waals surface area (Å²) in [5, 5.41) is 7.56. The van der Waals surface area contributed by atoms with Gasteiger partial charge in [0.25, 0.3) is 5.91 Å². The molecule has 3 heterocycles. The molecule has 106 valence electrons. The van der Waals surface area contributed by atoms with E-state index in [1.165, 1.54) is 12.8 Å². The van der Waals surface area contributed by atoms with Crippen molar-refractivity contribution in [2.45, 2.75) is 12.8 Å². The fourth-order valence-electron chi connectivity index (χ4n) is 2.75. The Morgan fingerprint density at radius 2 is 2.45 bits per heavy atom. The number of rotatable bonds is 3. The monoisotopic (exact) mass is 273 g/mol. The minimum Gasteiger partial charge on any atom is -0.341 e. The number of hydrogen-bond donors (Lipinski definition) is 1. The SMILES string of the molecule is CN(CC1CCCNC1)C(=O)c1cnn2ccncc12. The van der Waals surface area contributed by atoms with Crippen molar-refractivity contribution in [1.82, 2.24) is 24.8 Å². The van der Waals surface area contributed by atoms with Crippen LogP contribution in [0.1, 0.15) is 23.2 Å². The number of nitrogens with one attached hydrogen (secondary N) is 1. The van der Waals surface area contributed by atoms with E-state index < -0.39 is 0 Å². The van der Waals surface area contributed by atoms with Gasteiger partial charge < -0.3 is 10.2 Å². The fourth-order valence-corrected chi connectivity index (χ4v) is 2.75. The molecule has 1 amide bonds. The summed E-state index contributed by atoms with van der Waals surface area (Å²) >= 11 is 0. The molecule has 1 aliphatic rings. The van der Waals surface area contributed by atoms with E-state index in [0.29, 0.717) is 11.5 Å². The Kier molecular flexibility index (Phi) is 3.64. The highest BCUT2D eigenvalue weighted by atomic mass is 16.2. The molecule has 0 radical (unpaired) electrons. The zero-order chi connectivity index (χ0) is 13.9. The third kappa shape index (κ3) is 2.51. The van der Waals surface area contributed by atoms with Gasteiger partial charge in [0, 0.05) is 26.0 Å². The molecule has 2 aromatic heterocycles. The molecule has 1 saturated heterocycles. The average Bonchev–Trinajstić information content (AvgIpc) is 2.91. The third-order valence-corrected chi connectivity index (χ3v) is 3.83. The number of piperidine rings is 1. The van der Waals surface area contributed by atoms with Gasteiger partial charge in [0.1, 0.15) is 0 Å². The van der Waals surface area contributed by atoms with E-state index in [9.17, 15) is 4.79 Å². The summed E-state index contributed by atoms with van der Waals surface area (Å²) in [6.45, 7) is 2.87. The molecule has 1 unspecified atom stereocenters. The Hall–Kier alpha value is -1.95. The van der Waals surface area contributed by atoms with Crippen molar-refractivity contribution in [3.63, 3.8) is 0 Å². The van der Waals surface area contributed by atoms with Crippen LogP contribution in [-0.4, -0.2) is 52.1 Å². The molecule has 0 saturated carbocycles. The summed E-state index contributed by atoms with van der Waals surface area (Å²) in [4.78, 5) is 18.4. The first-order chi connectivity index (χ1) is 9.75. The van der Waals surface area contributed by atoms with Gasteiger partial charge in [-0.05, 0) is 31.8 Å². The van der Waals surface area contributed by atoms with Gasteiger partial charge in [-0.2, -0.15) is 5.10 Å². The molecule has 1 atom stereocenters. The maximum Gasteiger partial charge on any atom is 0.257 e. The van der Waals surface area contributed by atoms with E-state index in [0.717, 1.165) is 25.2 Å². The van der Waals surface area contributed by atoms with E-state index in [1.54, 1.807) is 34.2 Å². The number of fused-ring (bicyclic) bond motifs is 1. The van der Waals surface area contributed by atoms with Crippen molar-refractivity contribution in [1.29, 1.82) is 0 Å². The zero-order valence-electron chi connectivity index (χ0n) is 11.6. The molecule has 0 aliphatic carbocycles. The largest absolute Gasteiger partial charge is 0.341 e. The number of hydrogen-bond acceptors (Lipinski definition) is 4. The lowest BCUT2D eigenvalue weighted by atomic mass is 9.99. The van der Waals surface area contributed by atoms with Crippen LogP contribution >= 0.6 is 0 Å². The van der Waals surface area contributed by atoms with Gasteiger partial charge in [0.15, 0.2) is 0 Å². The van der Waals surface area contributed by atoms with Crippen LogP contribution in [0.3, 0.4) is 0 Å². The van der Waals surface area contributed by atoms with Gasteiger partial charge in [0.05, 0.1) is 23.5 Å². The van der Waals surface area contributed by atoms with Crippen LogP contribution in [0.4, 0.5) is 0 Å². The number of amides is 1. The lowest BCUT2D eigenvalue weighted by molar-refractivity contribution is 0.0766. The molecule has 0 spiro atoms. The van der Waals surface area contributed by atoms with Gasteiger partial charge in [0.2, 0.25) is 0 Å². The Morgan fingerprint density at radius 3 is 3.25 bits per heavy atom. The smallest absolute Gasteiger partial charge is 0.257 e. The minimum absolute atomic E-state index is 0.0126. The Balaban J connectivity index is 1.74. The Morgan fingerprint density at radius 1 is 1.55 bits per heavy atom. The van der Waals surface area contributed by atoms with Gasteiger partial charge in [-0.1, -0.05) is 0 Å². The first kappa shape index (κ1) is 13.1. The molecule has 1 fully saturated rings. The van der Waals surface area contributed by atoms with Crippen molar-refractivity contribution < 1.29 is 4.79 Å². The topological polar surface area (TPSA) is 62.5 Å². The van der Waals surface area contributed by atoms with Crippen molar-refractivity contribution in [3.8, 4) is 0 Å². The zero-order valence-corrected chi connectivity index (χ0v) is 11.6. The molecule has 0 aromatic carbocycles. The predicted molar refractivity (Wildman–Crippen MR) is 75.5 cm³/mol. The Labute approximate surface area is 117 Å². The standard InChI is InChI=1S/C14H19N5O/c1-18(10-11-3-2-4-15-7-11)14(20)12-8-17-19-6-5-16-9-13(12)19/h5-6,8-9,11,15H,2-4,7,10H2,1H3. The van der Waals surface area contributed by atoms with Crippen molar-refractivity contribution in [3.05, 3.63) is 30.4 Å². The summed E-state index contributed by atoms with van der Waals surface area (Å²) in [6, 6.07) is 0. The number of carbonyl (C=O) groups is 1. The van der Waals surface area contributed by atoms with E-state index in [2.05, 4.69) is 15.4 Å². The molecule has 2 aromatic rings. The maximum absolute atomic E-state index is 12.5. The van der Waals surface area contributed by atoms with E-state index in [1.807, 2.05) is 7.05 Å². The molecular formula is C14H19N5O. The van der Waals surface area contributed by atoms with Gasteiger partial charge in [-0.25, -0.2) is 4.52 Å². The highest BCUT2D eigenvalue weighted by Crippen LogP contribution is 2.15. The van der Waals surface area contributed by atoms with Crippen molar-refractivity contribution in [2.24, 2.45) is 5.92 Å². The summed E-state index contributed by atoms with van der Waals surface area (Å²) in [7, 11) is 1.86. The van der Waals surface area contributed by atoms with Crippen LogP contribution in [0.15, 0.2) is 24.8 Å². The van der Waals surface area contributed by atoms with Crippen LogP contribution in [0.5, 0.6) is 0 Å². The highest BCUT2D eigenvalue weighted by molar-refractivity contribution is 6.00. The third-order valence-electron chi connectivity index (χ3n) is 3.83. The van der Waals surface area contributed by atoms with Crippen LogP contribution in [-0.2, 0) is 0 Å². The fraction of sp³-hybridized carbons (Fsp3) is 0.500. The second-order valence-corrected chi connectivity index (χ2v) is 5.36. The lowest BCUT2D eigenvalue weighted by Gasteiger charge is -2.27. The Bertz CT molecular complexity index is 602. The molecule has 20 heavy (non-hydrogen) atoms. The molecule has 6 heteroatoms. The molecular weight excluding hydrogens is 254 g/mol. The van der Waals surface area contributed by atoms with E-state index >= 15 is 0 Å². The van der Waals surface area contributed by atoms with Crippen LogP contribution in [0.2, 0.25) is 0 Å². The first-order valence-electron chi connectivity index (χ1n) is 6.99. The summed E-state index contributed by atoms with van der Waals surface area (Å²) < 4.78 is 1.68. The number of aromatic nitrogens is 3. The van der Waals surface area contributed by atoms with Crippen LogP contribution in [0.25, 0.3) is 5.52 Å². The molecule has 1 N–H and O–H groups in total. The normalized spacial score (nSPS) is 19.1. The molecule has 1 aliphatic heterocycles. The van der Waals surface area contributed by atoms with Gasteiger partial charge in [-0.15, -0.1) is 0 Å². The lowest BCUT2D eigenvalue weighted by Crippen LogP contribution is -2.39. The van der Waals surface area contributed by atoms with Crippen molar-refractivity contribution >= 4 is 11.4 Å². The van der Waals surface area contributed by atoms with Crippen LogP contribution < -0.4 is 5.32 Å². The second-order valence-electron chi connectivity index (χ2n) is 5.36. The quantitative estimate of drug-likeness (QED) is 0.898. The average molecular weight is 273 g/mol. The van der Waals surface area contributed by atoms with E-state index in [-0.39, 0.29) is 5.91 Å². The van der Waals surface area contributed by atoms with Crippen LogP contribution in [0, 0.1) is 5.92 Å². The molecule has 0 bridgehead atoms. The predicted octanol–water partition coefficient (Wildman–Crippen LogP) is 0.801. The second kappa shape index (κ2) is 5.58. The first-order valence-corrected chi connectivity index (χ1v) is 6.99. The summed E-state index contributed by atoms with van der Waals surface area (Å²) in [5.41, 5.74) is 1.37. The minimum atomic E-state index is 0.0126. The van der Waals surface area contributed by atoms with Gasteiger partial charge >= 0.3 is 0 Å². The van der Waals surface area contributed by atoms with Gasteiger partial charge in [-0.3, -0.25) is 9.78 Å². The number of nitrogens with zero attached hydrogens (tertiary/aromatic N) is 4. The van der Waals surface area contributed by atoms with E-state index in [4.69, 9.17) is 0 Å².